The molecule has 3 nitrogen and oxygen atoms in total. The highest BCUT2D eigenvalue weighted by molar-refractivity contribution is 5.86. The van der Waals surface area contributed by atoms with Crippen molar-refractivity contribution in [3.8, 4) is 0 Å². The molecule has 51 valence electrons. The van der Waals surface area contributed by atoms with Crippen molar-refractivity contribution < 1.29 is 15.0 Å². The first-order chi connectivity index (χ1) is 4.09. The number of rotatable bonds is 2. The Labute approximate surface area is 53.6 Å². The maximum atomic E-state index is 10.1. The molecular weight excluding hydrogens is 120 g/mol. The molecule has 2 N–H and O–H groups in total. The molecule has 0 aliphatic carbocycles. The Balaban J connectivity index is 4.28. The summed E-state index contributed by atoms with van der Waals surface area (Å²) in [6.07, 6.45) is 0.123. The second-order valence-corrected chi connectivity index (χ2v) is 1.63. The third kappa shape index (κ3) is 2.17. The van der Waals surface area contributed by atoms with Crippen molar-refractivity contribution in [2.45, 2.75) is 13.3 Å². The molecule has 0 unspecified atom stereocenters. The summed E-state index contributed by atoms with van der Waals surface area (Å²) in [7, 11) is 0. The molecule has 9 heavy (non-hydrogen) atoms. The van der Waals surface area contributed by atoms with Gasteiger partial charge in [0.05, 0.1) is 5.57 Å². The average Bonchev–Trinajstić information content (AvgIpc) is 1.84. The smallest absolute Gasteiger partial charge is 0.334 e. The van der Waals surface area contributed by atoms with E-state index in [0.717, 1.165) is 0 Å². The topological polar surface area (TPSA) is 57.5 Å². The Hall–Kier alpha value is -0.990. The fraction of sp³-hybridized carbons (Fsp3) is 0.333. The molecule has 3 heteroatoms. The molecule has 0 aliphatic rings. The van der Waals surface area contributed by atoms with Crippen LogP contribution in [0.2, 0.25) is 0 Å². The minimum absolute atomic E-state index is 0.0370. The molecule has 0 aromatic heterocycles. The van der Waals surface area contributed by atoms with E-state index >= 15 is 0 Å². The molecule has 0 spiro atoms. The Morgan fingerprint density at radius 1 is 1.56 bits per heavy atom. The van der Waals surface area contributed by atoms with E-state index < -0.39 is 5.97 Å². The molecule has 1 radical (unpaired) electrons. The highest BCUT2D eigenvalue weighted by Gasteiger charge is 2.04. The van der Waals surface area contributed by atoms with Crippen molar-refractivity contribution in [2.24, 2.45) is 0 Å². The predicted molar refractivity (Wildman–Crippen MR) is 32.9 cm³/mol. The van der Waals surface area contributed by atoms with Gasteiger partial charge < -0.3 is 10.2 Å². The molecule has 0 bridgehead atoms. The highest BCUT2D eigenvalue weighted by atomic mass is 16.4. The Bertz CT molecular complexity index is 146. The zero-order chi connectivity index (χ0) is 7.44. The lowest BCUT2D eigenvalue weighted by molar-refractivity contribution is -0.132. The summed E-state index contributed by atoms with van der Waals surface area (Å²) in [5.74, 6) is -1.27. The zero-order valence-electron chi connectivity index (χ0n) is 5.22. The number of carboxylic acids is 1. The fourth-order valence-corrected chi connectivity index (χ4v) is 0.311. The number of aliphatic carboxylic acids is 1. The van der Waals surface area contributed by atoms with E-state index in [9.17, 15) is 4.79 Å². The van der Waals surface area contributed by atoms with Crippen LogP contribution in [0, 0.1) is 6.92 Å². The van der Waals surface area contributed by atoms with Crippen LogP contribution in [-0.2, 0) is 4.79 Å². The standard InChI is InChI=1S/C6H9O3/c1-3-5(7)4(2)6(8)9/h7H,1,3H2,2H3,(H,8,9). The van der Waals surface area contributed by atoms with E-state index in [1.165, 1.54) is 6.92 Å². The van der Waals surface area contributed by atoms with Crippen molar-refractivity contribution in [1.29, 1.82) is 0 Å². The summed E-state index contributed by atoms with van der Waals surface area (Å²) < 4.78 is 0. The molecule has 0 aromatic rings. The van der Waals surface area contributed by atoms with Crippen LogP contribution in [-0.4, -0.2) is 16.2 Å². The predicted octanol–water partition coefficient (Wildman–Crippen LogP) is 1.13. The van der Waals surface area contributed by atoms with Crippen LogP contribution < -0.4 is 0 Å². The van der Waals surface area contributed by atoms with Gasteiger partial charge in [0.1, 0.15) is 5.76 Å². The number of hydrogen-bond acceptors (Lipinski definition) is 2. The molecule has 0 amide bonds. The van der Waals surface area contributed by atoms with Gasteiger partial charge in [0.25, 0.3) is 0 Å². The van der Waals surface area contributed by atoms with Crippen molar-refractivity contribution in [3.63, 3.8) is 0 Å². The van der Waals surface area contributed by atoms with Gasteiger partial charge in [-0.15, -0.1) is 0 Å². The van der Waals surface area contributed by atoms with Crippen molar-refractivity contribution >= 4 is 5.97 Å². The van der Waals surface area contributed by atoms with Gasteiger partial charge in [-0.1, -0.05) is 0 Å². The van der Waals surface area contributed by atoms with Crippen LogP contribution in [0.15, 0.2) is 11.3 Å². The highest BCUT2D eigenvalue weighted by Crippen LogP contribution is 2.02. The second kappa shape index (κ2) is 3.12. The van der Waals surface area contributed by atoms with E-state index in [4.69, 9.17) is 10.2 Å². The summed E-state index contributed by atoms with van der Waals surface area (Å²) in [5, 5.41) is 17.0. The number of hydrogen-bond donors (Lipinski definition) is 2. The first-order valence-electron chi connectivity index (χ1n) is 2.50. The second-order valence-electron chi connectivity index (χ2n) is 1.63. The molecule has 0 fully saturated rings. The number of aliphatic hydroxyl groups excluding tert-OH is 1. The maximum absolute atomic E-state index is 10.1. The van der Waals surface area contributed by atoms with Gasteiger partial charge in [0, 0.05) is 6.42 Å². The Kier molecular flexibility index (Phi) is 2.78. The normalized spacial score (nSPS) is 12.7. The van der Waals surface area contributed by atoms with Gasteiger partial charge in [-0.3, -0.25) is 0 Å². The molecule has 0 saturated heterocycles. The first kappa shape index (κ1) is 8.01. The number of allylic oxidation sites excluding steroid dienone is 1. The van der Waals surface area contributed by atoms with Gasteiger partial charge >= 0.3 is 5.97 Å². The summed E-state index contributed by atoms with van der Waals surface area (Å²) in [5.41, 5.74) is -0.0370. The molecule has 0 saturated carbocycles. The first-order valence-corrected chi connectivity index (χ1v) is 2.50. The summed E-state index contributed by atoms with van der Waals surface area (Å²) >= 11 is 0. The van der Waals surface area contributed by atoms with Gasteiger partial charge in [0.15, 0.2) is 0 Å². The average molecular weight is 129 g/mol. The molecule has 0 rings (SSSR count). The van der Waals surface area contributed by atoms with Crippen LogP contribution in [0.1, 0.15) is 13.3 Å². The minimum Gasteiger partial charge on any atom is -0.512 e. The number of carboxylic acid groups (broad SMARTS) is 1. The number of carbonyl (C=O) groups is 1. The SMILES string of the molecule is [CH2]CC(O)=C(C)C(=O)O. The van der Waals surface area contributed by atoms with Crippen LogP contribution in [0.3, 0.4) is 0 Å². The van der Waals surface area contributed by atoms with E-state index in [1.807, 2.05) is 0 Å². The van der Waals surface area contributed by atoms with Crippen LogP contribution in [0.5, 0.6) is 0 Å². The fourth-order valence-electron chi connectivity index (χ4n) is 0.311. The number of aliphatic hydroxyl groups is 1. The van der Waals surface area contributed by atoms with Gasteiger partial charge in [-0.2, -0.15) is 0 Å². The van der Waals surface area contributed by atoms with Crippen LogP contribution in [0.4, 0.5) is 0 Å². The lowest BCUT2D eigenvalue weighted by atomic mass is 10.2. The lowest BCUT2D eigenvalue weighted by Gasteiger charge is -1.95. The molecule has 0 atom stereocenters. The molecular formula is C6H9O3. The van der Waals surface area contributed by atoms with Crippen LogP contribution in [0.25, 0.3) is 0 Å². The van der Waals surface area contributed by atoms with Gasteiger partial charge in [-0.05, 0) is 13.8 Å². The Morgan fingerprint density at radius 2 is 2.00 bits per heavy atom. The van der Waals surface area contributed by atoms with Gasteiger partial charge in [0.2, 0.25) is 0 Å². The Morgan fingerprint density at radius 3 is 2.11 bits per heavy atom. The maximum Gasteiger partial charge on any atom is 0.334 e. The molecule has 0 heterocycles. The minimum atomic E-state index is -1.10. The van der Waals surface area contributed by atoms with Crippen molar-refractivity contribution in [3.05, 3.63) is 18.3 Å². The van der Waals surface area contributed by atoms with Crippen molar-refractivity contribution in [1.82, 2.24) is 0 Å². The quantitative estimate of drug-likeness (QED) is 0.434. The largest absolute Gasteiger partial charge is 0.512 e. The van der Waals surface area contributed by atoms with Crippen molar-refractivity contribution in [2.75, 3.05) is 0 Å². The summed E-state index contributed by atoms with van der Waals surface area (Å²) in [6, 6.07) is 0. The lowest BCUT2D eigenvalue weighted by Crippen LogP contribution is -1.99. The third-order valence-electron chi connectivity index (χ3n) is 0.990. The monoisotopic (exact) mass is 129 g/mol. The molecule has 0 aromatic carbocycles. The van der Waals surface area contributed by atoms with Crippen LogP contribution >= 0.6 is 0 Å². The van der Waals surface area contributed by atoms with E-state index in [-0.39, 0.29) is 17.8 Å². The summed E-state index contributed by atoms with van der Waals surface area (Å²) in [4.78, 5) is 10.1. The van der Waals surface area contributed by atoms with E-state index in [1.54, 1.807) is 0 Å². The zero-order valence-corrected chi connectivity index (χ0v) is 5.22. The third-order valence-corrected chi connectivity index (χ3v) is 0.990. The van der Waals surface area contributed by atoms with E-state index in [2.05, 4.69) is 6.92 Å². The summed E-state index contributed by atoms with van der Waals surface area (Å²) in [6.45, 7) is 4.65. The van der Waals surface area contributed by atoms with Gasteiger partial charge in [-0.25, -0.2) is 4.79 Å². The molecule has 0 aliphatic heterocycles. The van der Waals surface area contributed by atoms with E-state index in [0.29, 0.717) is 0 Å².